The number of hydrogen-bond acceptors (Lipinski definition) is 3. The van der Waals surface area contributed by atoms with Crippen molar-refractivity contribution in [3.63, 3.8) is 0 Å². The Balaban J connectivity index is 0.000000459. The summed E-state index contributed by atoms with van der Waals surface area (Å²) in [6.07, 6.45) is 0. The zero-order valence-electron chi connectivity index (χ0n) is 9.83. The highest BCUT2D eigenvalue weighted by molar-refractivity contribution is 5.79. The number of nitrogens with one attached hydrogen (secondary N) is 1. The molecule has 1 aliphatic rings. The van der Waals surface area contributed by atoms with E-state index < -0.39 is 0 Å². The Labute approximate surface area is 96.1 Å². The van der Waals surface area contributed by atoms with Crippen LogP contribution in [0.3, 0.4) is 0 Å². The Hall–Kier alpha value is -1.71. The van der Waals surface area contributed by atoms with Gasteiger partial charge in [0, 0.05) is 13.6 Å². The van der Waals surface area contributed by atoms with Crippen molar-refractivity contribution in [2.45, 2.75) is 20.8 Å². The molecule has 88 valence electrons. The summed E-state index contributed by atoms with van der Waals surface area (Å²) in [4.78, 5) is 7.49. The molecule has 1 aliphatic heterocycles. The second-order valence-corrected chi connectivity index (χ2v) is 3.34. The van der Waals surface area contributed by atoms with Crippen LogP contribution in [-0.4, -0.2) is 23.2 Å². The first kappa shape index (κ1) is 10.8. The molecule has 2 aromatic rings. The van der Waals surface area contributed by atoms with Crippen LogP contribution in [0.2, 0.25) is 0 Å². The van der Waals surface area contributed by atoms with Gasteiger partial charge in [-0.25, -0.2) is 4.98 Å². The molecular formula is C12H18N2O2. The van der Waals surface area contributed by atoms with Gasteiger partial charge < -0.3 is 14.5 Å². The molecule has 0 fully saturated rings. The molecule has 2 heterocycles. The zero-order chi connectivity index (χ0) is 11.5. The molecule has 1 N–H and O–H groups in total. The number of aromatic amines is 1. The molecule has 0 saturated carbocycles. The third-order valence-electron chi connectivity index (χ3n) is 2.26. The van der Waals surface area contributed by atoms with E-state index in [0.29, 0.717) is 13.2 Å². The van der Waals surface area contributed by atoms with Crippen LogP contribution in [-0.2, 0) is 0 Å². The molecule has 4 nitrogen and oxygen atoms in total. The number of nitrogens with zero attached hydrogens (tertiary/aromatic N) is 1. The summed E-state index contributed by atoms with van der Waals surface area (Å²) in [5, 5.41) is 0. The summed E-state index contributed by atoms with van der Waals surface area (Å²) in [6.45, 7) is 7.16. The average molecular weight is 222 g/mol. The number of aryl methyl sites for hydroxylation is 1. The molecule has 0 amide bonds. The Morgan fingerprint density at radius 2 is 1.81 bits per heavy atom. The van der Waals surface area contributed by atoms with Gasteiger partial charge in [-0.1, -0.05) is 13.8 Å². The third-order valence-corrected chi connectivity index (χ3v) is 2.26. The maximum atomic E-state index is 5.47. The van der Waals surface area contributed by atoms with Crippen LogP contribution in [0, 0.1) is 6.92 Å². The monoisotopic (exact) mass is 222 g/mol. The topological polar surface area (TPSA) is 47.1 Å². The Bertz CT molecular complexity index is 453. The third kappa shape index (κ3) is 1.83. The summed E-state index contributed by atoms with van der Waals surface area (Å²) in [5.41, 5.74) is 1.92. The molecule has 3 rings (SSSR count). The van der Waals surface area contributed by atoms with Crippen molar-refractivity contribution >= 4 is 11.0 Å². The second kappa shape index (κ2) is 4.43. The number of hydrogen-bond donors (Lipinski definition) is 1. The van der Waals surface area contributed by atoms with E-state index in [1.807, 2.05) is 32.9 Å². The molecule has 0 saturated heterocycles. The van der Waals surface area contributed by atoms with Gasteiger partial charge in [-0.3, -0.25) is 0 Å². The van der Waals surface area contributed by atoms with E-state index in [4.69, 9.17) is 9.47 Å². The minimum Gasteiger partial charge on any atom is -0.486 e. The fourth-order valence-corrected chi connectivity index (χ4v) is 1.67. The highest BCUT2D eigenvalue weighted by Crippen LogP contribution is 2.33. The normalized spacial score (nSPS) is 13.2. The molecule has 4 heteroatoms. The van der Waals surface area contributed by atoms with E-state index in [1.54, 1.807) is 0 Å². The van der Waals surface area contributed by atoms with E-state index in [0.717, 1.165) is 28.4 Å². The maximum Gasteiger partial charge on any atom is 0.163 e. The lowest BCUT2D eigenvalue weighted by molar-refractivity contribution is 0.172. The minimum atomic E-state index is 0. The van der Waals surface area contributed by atoms with E-state index in [2.05, 4.69) is 9.97 Å². The summed E-state index contributed by atoms with van der Waals surface area (Å²) in [5.74, 6) is 2.49. The Morgan fingerprint density at radius 1 is 1.19 bits per heavy atom. The van der Waals surface area contributed by atoms with Crippen LogP contribution >= 0.6 is 0 Å². The molecule has 0 bridgehead atoms. The van der Waals surface area contributed by atoms with Crippen molar-refractivity contribution < 1.29 is 10.9 Å². The van der Waals surface area contributed by atoms with Crippen molar-refractivity contribution in [3.8, 4) is 11.5 Å². The van der Waals surface area contributed by atoms with E-state index in [9.17, 15) is 0 Å². The van der Waals surface area contributed by atoms with Crippen LogP contribution in [0.1, 0.15) is 21.1 Å². The van der Waals surface area contributed by atoms with Gasteiger partial charge in [-0.2, -0.15) is 0 Å². The molecule has 1 aromatic carbocycles. The van der Waals surface area contributed by atoms with Crippen LogP contribution < -0.4 is 9.47 Å². The lowest BCUT2D eigenvalue weighted by atomic mass is 10.2. The lowest BCUT2D eigenvalue weighted by Crippen LogP contribution is -2.15. The van der Waals surface area contributed by atoms with Gasteiger partial charge >= 0.3 is 0 Å². The van der Waals surface area contributed by atoms with E-state index >= 15 is 0 Å². The van der Waals surface area contributed by atoms with Gasteiger partial charge in [0.25, 0.3) is 0 Å². The number of imidazole rings is 1. The van der Waals surface area contributed by atoms with Gasteiger partial charge in [0.15, 0.2) is 11.5 Å². The first-order valence-electron chi connectivity index (χ1n) is 5.59. The molecular weight excluding hydrogens is 204 g/mol. The number of ether oxygens (including phenoxy) is 2. The highest BCUT2D eigenvalue weighted by Gasteiger charge is 2.13. The summed E-state index contributed by atoms with van der Waals surface area (Å²) >= 11 is 0. The largest absolute Gasteiger partial charge is 0.486 e. The summed E-state index contributed by atoms with van der Waals surface area (Å²) in [7, 11) is 0. The second-order valence-electron chi connectivity index (χ2n) is 3.34. The van der Waals surface area contributed by atoms with Crippen LogP contribution in [0.25, 0.3) is 11.0 Å². The smallest absolute Gasteiger partial charge is 0.163 e. The first-order valence-corrected chi connectivity index (χ1v) is 5.59. The minimum absolute atomic E-state index is 0. The summed E-state index contributed by atoms with van der Waals surface area (Å²) < 4.78 is 10.9. The molecule has 0 atom stereocenters. The predicted octanol–water partition coefficient (Wildman–Crippen LogP) is 2.91. The number of H-pyrrole nitrogens is 1. The number of aromatic nitrogens is 2. The van der Waals surface area contributed by atoms with Crippen LogP contribution in [0.4, 0.5) is 0 Å². The van der Waals surface area contributed by atoms with Gasteiger partial charge in [-0.05, 0) is 6.92 Å². The highest BCUT2D eigenvalue weighted by atomic mass is 16.6. The van der Waals surface area contributed by atoms with Crippen molar-refractivity contribution in [1.29, 1.82) is 0 Å². The van der Waals surface area contributed by atoms with Gasteiger partial charge in [0.1, 0.15) is 19.0 Å². The molecule has 0 unspecified atom stereocenters. The fraction of sp³-hybridized carbons (Fsp3) is 0.417. The summed E-state index contributed by atoms with van der Waals surface area (Å²) in [6, 6.07) is 3.84. The standard InChI is InChI=1S/C10H10N2O2.C2H6.H2/c1-6-11-7-4-9-10(5-8(7)12-6)14-3-2-13-9;1-2;/h4-5H,2-3H2,1H3,(H,11,12);1-2H3;1H. The first-order chi connectivity index (χ1) is 7.83. The van der Waals surface area contributed by atoms with Crippen LogP contribution in [0.5, 0.6) is 11.5 Å². The molecule has 16 heavy (non-hydrogen) atoms. The average Bonchev–Trinajstić information content (AvgIpc) is 2.67. The quantitative estimate of drug-likeness (QED) is 0.745. The van der Waals surface area contributed by atoms with Crippen molar-refractivity contribution in [3.05, 3.63) is 18.0 Å². The SMILES string of the molecule is CC.Cc1nc2cc3c(cc2[nH]1)OCCO3.[HH]. The number of benzene rings is 1. The fourth-order valence-electron chi connectivity index (χ4n) is 1.67. The van der Waals surface area contributed by atoms with Gasteiger partial charge in [0.05, 0.1) is 11.0 Å². The lowest BCUT2D eigenvalue weighted by Gasteiger charge is -2.17. The predicted molar refractivity (Wildman–Crippen MR) is 65.3 cm³/mol. The number of fused-ring (bicyclic) bond motifs is 2. The molecule has 0 aliphatic carbocycles. The van der Waals surface area contributed by atoms with E-state index in [-0.39, 0.29) is 1.43 Å². The Morgan fingerprint density at radius 3 is 2.50 bits per heavy atom. The van der Waals surface area contributed by atoms with Gasteiger partial charge in [0.2, 0.25) is 0 Å². The molecule has 0 spiro atoms. The zero-order valence-corrected chi connectivity index (χ0v) is 9.83. The number of rotatable bonds is 0. The molecule has 1 aromatic heterocycles. The maximum absolute atomic E-state index is 5.47. The van der Waals surface area contributed by atoms with E-state index in [1.165, 1.54) is 0 Å². The molecule has 0 radical (unpaired) electrons. The van der Waals surface area contributed by atoms with Crippen molar-refractivity contribution in [2.24, 2.45) is 0 Å². The van der Waals surface area contributed by atoms with Gasteiger partial charge in [-0.15, -0.1) is 0 Å². The van der Waals surface area contributed by atoms with Crippen LogP contribution in [0.15, 0.2) is 12.1 Å². The van der Waals surface area contributed by atoms with Crippen molar-refractivity contribution in [2.75, 3.05) is 13.2 Å². The Kier molecular flexibility index (Phi) is 2.99. The van der Waals surface area contributed by atoms with Crippen molar-refractivity contribution in [1.82, 2.24) is 9.97 Å².